The smallest absolute Gasteiger partial charge is 0.306 e. The summed E-state index contributed by atoms with van der Waals surface area (Å²) in [5.41, 5.74) is 2.33. The molecular formula is C25H20N2O5. The number of nitrogens with zero attached hydrogens (tertiary/aromatic N) is 2. The Hall–Kier alpha value is -4.00. The highest BCUT2D eigenvalue weighted by molar-refractivity contribution is 6.25. The third-order valence-electron chi connectivity index (χ3n) is 5.58. The van der Waals surface area contributed by atoms with Crippen LogP contribution in [-0.4, -0.2) is 34.2 Å². The molecule has 1 aromatic heterocycles. The number of oxazole rings is 1. The van der Waals surface area contributed by atoms with E-state index in [0.717, 1.165) is 5.39 Å². The van der Waals surface area contributed by atoms with Crippen LogP contribution in [-0.2, 0) is 9.53 Å². The van der Waals surface area contributed by atoms with Gasteiger partial charge in [-0.25, -0.2) is 4.98 Å². The van der Waals surface area contributed by atoms with E-state index in [4.69, 9.17) is 9.15 Å². The number of carbonyl (C=O) groups excluding carboxylic acids is 3. The summed E-state index contributed by atoms with van der Waals surface area (Å²) in [4.78, 5) is 43.7. The Balaban J connectivity index is 1.22. The molecule has 0 bridgehead atoms. The maximum absolute atomic E-state index is 12.9. The van der Waals surface area contributed by atoms with E-state index < -0.39 is 12.1 Å². The SMILES string of the molecule is CC(OC(=O)CCCN1C(=O)c2cccc3cccc(c23)C1=O)c1nc2ccccc2o1. The molecule has 4 aromatic rings. The zero-order chi connectivity index (χ0) is 22.2. The molecule has 1 aliphatic heterocycles. The summed E-state index contributed by atoms with van der Waals surface area (Å²) in [6, 6.07) is 18.1. The van der Waals surface area contributed by atoms with Crippen LogP contribution in [0.4, 0.5) is 0 Å². The second kappa shape index (κ2) is 7.92. The summed E-state index contributed by atoms with van der Waals surface area (Å²) in [6.07, 6.45) is -0.278. The molecule has 0 saturated carbocycles. The molecule has 7 heteroatoms. The van der Waals surface area contributed by atoms with E-state index in [1.54, 1.807) is 37.3 Å². The first-order chi connectivity index (χ1) is 15.5. The lowest BCUT2D eigenvalue weighted by molar-refractivity contribution is -0.149. The number of imide groups is 1. The van der Waals surface area contributed by atoms with E-state index >= 15 is 0 Å². The number of carbonyl (C=O) groups is 3. The van der Waals surface area contributed by atoms with E-state index in [-0.39, 0.29) is 24.8 Å². The first-order valence-electron chi connectivity index (χ1n) is 10.5. The van der Waals surface area contributed by atoms with Crippen LogP contribution >= 0.6 is 0 Å². The predicted octanol–water partition coefficient (Wildman–Crippen LogP) is 4.66. The topological polar surface area (TPSA) is 89.7 Å². The number of esters is 1. The Morgan fingerprint density at radius 2 is 1.69 bits per heavy atom. The van der Waals surface area contributed by atoms with Crippen molar-refractivity contribution in [2.45, 2.75) is 25.9 Å². The van der Waals surface area contributed by atoms with Crippen LogP contribution in [0.2, 0.25) is 0 Å². The largest absolute Gasteiger partial charge is 0.453 e. The number of benzene rings is 3. The summed E-state index contributed by atoms with van der Waals surface area (Å²) < 4.78 is 11.1. The van der Waals surface area contributed by atoms with Crippen LogP contribution < -0.4 is 0 Å². The number of hydrogen-bond donors (Lipinski definition) is 0. The minimum absolute atomic E-state index is 0.0630. The van der Waals surface area contributed by atoms with Crippen molar-refractivity contribution in [2.75, 3.05) is 6.54 Å². The van der Waals surface area contributed by atoms with Crippen molar-refractivity contribution in [3.05, 3.63) is 77.7 Å². The Morgan fingerprint density at radius 3 is 2.38 bits per heavy atom. The number of hydrogen-bond acceptors (Lipinski definition) is 6. The molecule has 1 unspecified atom stereocenters. The Kier molecular flexibility index (Phi) is 4.93. The lowest BCUT2D eigenvalue weighted by Gasteiger charge is -2.27. The van der Waals surface area contributed by atoms with Crippen LogP contribution in [0.3, 0.4) is 0 Å². The molecule has 0 saturated heterocycles. The van der Waals surface area contributed by atoms with Crippen molar-refractivity contribution in [3.8, 4) is 0 Å². The average Bonchev–Trinajstić information content (AvgIpc) is 3.24. The molecule has 5 rings (SSSR count). The molecule has 1 aliphatic rings. The van der Waals surface area contributed by atoms with Gasteiger partial charge in [0.25, 0.3) is 11.8 Å². The molecule has 3 aromatic carbocycles. The minimum Gasteiger partial charge on any atom is -0.453 e. The molecule has 2 heterocycles. The average molecular weight is 428 g/mol. The summed E-state index contributed by atoms with van der Waals surface area (Å²) in [5.74, 6) is -0.801. The van der Waals surface area contributed by atoms with Gasteiger partial charge in [0.2, 0.25) is 5.89 Å². The first-order valence-corrected chi connectivity index (χ1v) is 10.5. The number of ether oxygens (including phenoxy) is 1. The van der Waals surface area contributed by atoms with Gasteiger partial charge in [0.05, 0.1) is 0 Å². The van der Waals surface area contributed by atoms with Gasteiger partial charge in [0, 0.05) is 29.5 Å². The van der Waals surface area contributed by atoms with Crippen molar-refractivity contribution < 1.29 is 23.5 Å². The minimum atomic E-state index is -0.641. The summed E-state index contributed by atoms with van der Waals surface area (Å²) >= 11 is 0. The highest BCUT2D eigenvalue weighted by Gasteiger charge is 2.32. The molecule has 0 spiro atoms. The lowest BCUT2D eigenvalue weighted by Crippen LogP contribution is -2.41. The molecule has 32 heavy (non-hydrogen) atoms. The fraction of sp³-hybridized carbons (Fsp3) is 0.200. The van der Waals surface area contributed by atoms with Gasteiger partial charge >= 0.3 is 5.97 Å². The standard InChI is InChI=1S/C25H20N2O5/c1-15(23-26-19-11-2-3-12-20(19)32-23)31-21(28)13-6-14-27-24(29)17-9-4-7-16-8-5-10-18(22(16)17)25(27)30/h2-5,7-12,15H,6,13-14H2,1H3. The third-order valence-corrected chi connectivity index (χ3v) is 5.58. The van der Waals surface area contributed by atoms with Crippen LogP contribution in [0.1, 0.15) is 52.5 Å². The van der Waals surface area contributed by atoms with E-state index in [9.17, 15) is 14.4 Å². The second-order valence-electron chi connectivity index (χ2n) is 7.73. The fourth-order valence-electron chi connectivity index (χ4n) is 4.04. The van der Waals surface area contributed by atoms with E-state index in [0.29, 0.717) is 39.9 Å². The van der Waals surface area contributed by atoms with Crippen molar-refractivity contribution in [1.82, 2.24) is 9.88 Å². The number of rotatable bonds is 6. The fourth-order valence-corrected chi connectivity index (χ4v) is 4.04. The van der Waals surface area contributed by atoms with Crippen LogP contribution in [0, 0.1) is 0 Å². The Labute approximate surface area is 183 Å². The van der Waals surface area contributed by atoms with E-state index in [1.807, 2.05) is 30.3 Å². The van der Waals surface area contributed by atoms with Gasteiger partial charge in [-0.05, 0) is 43.0 Å². The molecule has 0 aliphatic carbocycles. The van der Waals surface area contributed by atoms with Gasteiger partial charge in [-0.3, -0.25) is 19.3 Å². The second-order valence-corrected chi connectivity index (χ2v) is 7.73. The van der Waals surface area contributed by atoms with Crippen molar-refractivity contribution in [2.24, 2.45) is 0 Å². The number of fused-ring (bicyclic) bond motifs is 1. The molecular weight excluding hydrogens is 408 g/mol. The molecule has 0 fully saturated rings. The van der Waals surface area contributed by atoms with Crippen LogP contribution in [0.5, 0.6) is 0 Å². The normalized spacial score (nSPS) is 14.2. The van der Waals surface area contributed by atoms with Crippen molar-refractivity contribution in [1.29, 1.82) is 0 Å². The monoisotopic (exact) mass is 428 g/mol. The first kappa shape index (κ1) is 19.9. The third kappa shape index (κ3) is 3.41. The van der Waals surface area contributed by atoms with Crippen LogP contribution in [0.15, 0.2) is 65.1 Å². The molecule has 1 atom stereocenters. The lowest BCUT2D eigenvalue weighted by atomic mass is 9.94. The van der Waals surface area contributed by atoms with Gasteiger partial charge in [-0.2, -0.15) is 0 Å². The van der Waals surface area contributed by atoms with Crippen molar-refractivity contribution >= 4 is 39.7 Å². The highest BCUT2D eigenvalue weighted by Crippen LogP contribution is 2.30. The summed E-state index contributed by atoms with van der Waals surface area (Å²) in [6.45, 7) is 1.83. The zero-order valence-electron chi connectivity index (χ0n) is 17.4. The van der Waals surface area contributed by atoms with Gasteiger partial charge in [-0.15, -0.1) is 0 Å². The van der Waals surface area contributed by atoms with Crippen LogP contribution in [0.25, 0.3) is 21.9 Å². The summed E-state index contributed by atoms with van der Waals surface area (Å²) in [5, 5.41) is 1.55. The predicted molar refractivity (Wildman–Crippen MR) is 117 cm³/mol. The number of aromatic nitrogens is 1. The van der Waals surface area contributed by atoms with Gasteiger partial charge in [0.1, 0.15) is 5.52 Å². The zero-order valence-corrected chi connectivity index (χ0v) is 17.4. The number of amides is 2. The molecule has 2 amide bonds. The Morgan fingerprint density at radius 1 is 1.00 bits per heavy atom. The van der Waals surface area contributed by atoms with E-state index in [1.165, 1.54) is 4.90 Å². The maximum Gasteiger partial charge on any atom is 0.306 e. The number of para-hydroxylation sites is 2. The van der Waals surface area contributed by atoms with E-state index in [2.05, 4.69) is 4.98 Å². The highest BCUT2D eigenvalue weighted by atomic mass is 16.6. The maximum atomic E-state index is 12.9. The van der Waals surface area contributed by atoms with Gasteiger partial charge in [0.15, 0.2) is 11.7 Å². The molecule has 0 N–H and O–H groups in total. The molecule has 160 valence electrons. The van der Waals surface area contributed by atoms with Gasteiger partial charge in [-0.1, -0.05) is 36.4 Å². The molecule has 0 radical (unpaired) electrons. The summed E-state index contributed by atoms with van der Waals surface area (Å²) in [7, 11) is 0. The molecule has 7 nitrogen and oxygen atoms in total. The van der Waals surface area contributed by atoms with Crippen molar-refractivity contribution in [3.63, 3.8) is 0 Å². The Bertz CT molecular complexity index is 1290. The van der Waals surface area contributed by atoms with Gasteiger partial charge < -0.3 is 9.15 Å². The quantitative estimate of drug-likeness (QED) is 0.328.